The first-order chi connectivity index (χ1) is 11.7. The van der Waals surface area contributed by atoms with Crippen molar-refractivity contribution in [3.63, 3.8) is 0 Å². The Kier molecular flexibility index (Phi) is 4.24. The number of nitrogens with one attached hydrogen (secondary N) is 1. The van der Waals surface area contributed by atoms with Crippen molar-refractivity contribution >= 4 is 33.3 Å². The maximum Gasteiger partial charge on any atom is 0.262 e. The molecule has 0 unspecified atom stereocenters. The summed E-state index contributed by atoms with van der Waals surface area (Å²) in [6, 6.07) is 1.69. The number of aromatic nitrogens is 3. The van der Waals surface area contributed by atoms with Crippen LogP contribution in [0, 0.1) is 13.8 Å². The van der Waals surface area contributed by atoms with Gasteiger partial charge in [-0.1, -0.05) is 25.9 Å². The molecule has 3 aromatic heterocycles. The van der Waals surface area contributed by atoms with Gasteiger partial charge in [-0.3, -0.25) is 19.5 Å². The van der Waals surface area contributed by atoms with E-state index in [9.17, 15) is 9.59 Å². The Morgan fingerprint density at radius 3 is 2.72 bits per heavy atom. The molecule has 0 bridgehead atoms. The molecule has 0 aliphatic heterocycles. The van der Waals surface area contributed by atoms with Crippen LogP contribution in [0.1, 0.15) is 36.9 Å². The van der Waals surface area contributed by atoms with Crippen LogP contribution in [0.3, 0.4) is 0 Å². The van der Waals surface area contributed by atoms with Gasteiger partial charge in [0.25, 0.3) is 5.56 Å². The Balaban J connectivity index is 1.80. The summed E-state index contributed by atoms with van der Waals surface area (Å²) in [4.78, 5) is 30.9. The topological polar surface area (TPSA) is 90.0 Å². The zero-order chi connectivity index (χ0) is 18.4. The van der Waals surface area contributed by atoms with Crippen LogP contribution in [0.25, 0.3) is 10.2 Å². The summed E-state index contributed by atoms with van der Waals surface area (Å²) < 4.78 is 6.44. The summed E-state index contributed by atoms with van der Waals surface area (Å²) in [7, 11) is 0. The fourth-order valence-corrected chi connectivity index (χ4v) is 3.39. The van der Waals surface area contributed by atoms with Crippen LogP contribution < -0.4 is 10.9 Å². The number of nitrogens with zero attached hydrogens (tertiary/aromatic N) is 3. The molecule has 7 nitrogen and oxygen atoms in total. The van der Waals surface area contributed by atoms with Crippen LogP contribution in [-0.4, -0.2) is 20.6 Å². The molecule has 0 aliphatic carbocycles. The molecule has 0 spiro atoms. The number of hydrogen-bond acceptors (Lipinski definition) is 6. The monoisotopic (exact) mass is 360 g/mol. The molecule has 0 saturated heterocycles. The molecule has 132 valence electrons. The maximum absolute atomic E-state index is 12.6. The second kappa shape index (κ2) is 6.11. The fraction of sp³-hybridized carbons (Fsp3) is 0.412. The van der Waals surface area contributed by atoms with E-state index in [0.29, 0.717) is 10.2 Å². The lowest BCUT2D eigenvalue weighted by Gasteiger charge is -2.12. The van der Waals surface area contributed by atoms with Gasteiger partial charge in [-0.2, -0.15) is 0 Å². The van der Waals surface area contributed by atoms with Crippen molar-refractivity contribution < 1.29 is 9.32 Å². The molecule has 0 aromatic carbocycles. The molecule has 1 amide bonds. The van der Waals surface area contributed by atoms with Crippen molar-refractivity contribution in [2.75, 3.05) is 5.32 Å². The number of fused-ring (bicyclic) bond motifs is 1. The highest BCUT2D eigenvalue weighted by Gasteiger charge is 2.20. The van der Waals surface area contributed by atoms with Gasteiger partial charge < -0.3 is 4.52 Å². The lowest BCUT2D eigenvalue weighted by molar-refractivity contribution is -0.116. The first-order valence-electron chi connectivity index (χ1n) is 7.89. The minimum absolute atomic E-state index is 0.137. The van der Waals surface area contributed by atoms with Crippen LogP contribution >= 0.6 is 11.3 Å². The zero-order valence-corrected chi connectivity index (χ0v) is 15.7. The molecule has 25 heavy (non-hydrogen) atoms. The molecule has 0 aliphatic rings. The number of carbonyl (C=O) groups is 1. The third-order valence-electron chi connectivity index (χ3n) is 4.01. The van der Waals surface area contributed by atoms with Gasteiger partial charge in [0.05, 0.1) is 17.4 Å². The second-order valence-electron chi connectivity index (χ2n) is 7.02. The third-order valence-corrected chi connectivity index (χ3v) is 5.13. The Labute approximate surface area is 148 Å². The van der Waals surface area contributed by atoms with E-state index in [1.54, 1.807) is 6.07 Å². The van der Waals surface area contributed by atoms with Crippen molar-refractivity contribution in [1.29, 1.82) is 0 Å². The van der Waals surface area contributed by atoms with E-state index >= 15 is 0 Å². The lowest BCUT2D eigenvalue weighted by atomic mass is 9.92. The Morgan fingerprint density at radius 2 is 2.08 bits per heavy atom. The summed E-state index contributed by atoms with van der Waals surface area (Å²) in [6.07, 6.45) is 1.40. The van der Waals surface area contributed by atoms with Crippen LogP contribution in [0.5, 0.6) is 0 Å². The molecule has 0 atom stereocenters. The molecule has 0 fully saturated rings. The van der Waals surface area contributed by atoms with E-state index in [2.05, 4.69) is 15.5 Å². The molecule has 0 radical (unpaired) electrons. The highest BCUT2D eigenvalue weighted by molar-refractivity contribution is 7.18. The van der Waals surface area contributed by atoms with Gasteiger partial charge in [0.1, 0.15) is 11.4 Å². The van der Waals surface area contributed by atoms with Gasteiger partial charge in [0.2, 0.25) is 11.8 Å². The van der Waals surface area contributed by atoms with Crippen molar-refractivity contribution in [3.8, 4) is 0 Å². The third kappa shape index (κ3) is 3.34. The first-order valence-corrected chi connectivity index (χ1v) is 8.70. The highest BCUT2D eigenvalue weighted by Crippen LogP contribution is 2.25. The predicted molar refractivity (Wildman–Crippen MR) is 97.2 cm³/mol. The van der Waals surface area contributed by atoms with Crippen molar-refractivity contribution in [3.05, 3.63) is 38.9 Å². The summed E-state index contributed by atoms with van der Waals surface area (Å²) >= 11 is 1.48. The maximum atomic E-state index is 12.6. The van der Waals surface area contributed by atoms with E-state index in [0.717, 1.165) is 16.1 Å². The highest BCUT2D eigenvalue weighted by atomic mass is 32.1. The van der Waals surface area contributed by atoms with Crippen LogP contribution in [0.2, 0.25) is 0 Å². The number of anilines is 1. The molecular formula is C17H20N4O3S. The molecular weight excluding hydrogens is 340 g/mol. The van der Waals surface area contributed by atoms with Crippen molar-refractivity contribution in [1.82, 2.24) is 14.7 Å². The Morgan fingerprint density at radius 1 is 1.36 bits per heavy atom. The normalized spacial score (nSPS) is 11.9. The number of hydrogen-bond donors (Lipinski definition) is 1. The fourth-order valence-electron chi connectivity index (χ4n) is 2.40. The molecule has 8 heteroatoms. The van der Waals surface area contributed by atoms with E-state index in [1.807, 2.05) is 34.6 Å². The summed E-state index contributed by atoms with van der Waals surface area (Å²) in [6.45, 7) is 9.72. The number of thiophene rings is 1. The average molecular weight is 360 g/mol. The van der Waals surface area contributed by atoms with Crippen molar-refractivity contribution in [2.45, 2.75) is 46.6 Å². The molecule has 3 aromatic rings. The number of rotatable bonds is 3. The summed E-state index contributed by atoms with van der Waals surface area (Å²) in [5.41, 5.74) is 1.27. The Hall–Kier alpha value is -2.48. The van der Waals surface area contributed by atoms with E-state index < -0.39 is 0 Å². The van der Waals surface area contributed by atoms with E-state index in [-0.39, 0.29) is 29.3 Å². The predicted octanol–water partition coefficient (Wildman–Crippen LogP) is 3.00. The second-order valence-corrected chi connectivity index (χ2v) is 8.22. The quantitative estimate of drug-likeness (QED) is 0.775. The van der Waals surface area contributed by atoms with Gasteiger partial charge in [-0.05, 0) is 19.4 Å². The van der Waals surface area contributed by atoms with E-state index in [1.165, 1.54) is 22.2 Å². The van der Waals surface area contributed by atoms with Crippen LogP contribution in [0.15, 0.2) is 21.7 Å². The zero-order valence-electron chi connectivity index (χ0n) is 14.8. The number of aryl methyl sites for hydroxylation is 2. The van der Waals surface area contributed by atoms with E-state index in [4.69, 9.17) is 4.52 Å². The van der Waals surface area contributed by atoms with Gasteiger partial charge in [-0.25, -0.2) is 4.98 Å². The molecule has 0 saturated carbocycles. The lowest BCUT2D eigenvalue weighted by Crippen LogP contribution is -2.27. The average Bonchev–Trinajstić information content (AvgIpc) is 3.08. The van der Waals surface area contributed by atoms with Crippen LogP contribution in [0.4, 0.5) is 5.88 Å². The smallest absolute Gasteiger partial charge is 0.262 e. The largest absolute Gasteiger partial charge is 0.338 e. The SMILES string of the molecule is Cc1sc2ncn(CC(=O)Nc3cc(C(C)(C)C)no3)c(=O)c2c1C. The Bertz CT molecular complexity index is 1010. The van der Waals surface area contributed by atoms with Gasteiger partial charge in [-0.15, -0.1) is 11.3 Å². The van der Waals surface area contributed by atoms with Gasteiger partial charge >= 0.3 is 0 Å². The summed E-state index contributed by atoms with van der Waals surface area (Å²) in [5, 5.41) is 7.15. The van der Waals surface area contributed by atoms with Crippen molar-refractivity contribution in [2.24, 2.45) is 0 Å². The minimum atomic E-state index is -0.371. The summed E-state index contributed by atoms with van der Waals surface area (Å²) in [5.74, 6) is -0.107. The van der Waals surface area contributed by atoms with Gasteiger partial charge in [0.15, 0.2) is 0 Å². The van der Waals surface area contributed by atoms with Gasteiger partial charge in [0, 0.05) is 16.4 Å². The van der Waals surface area contributed by atoms with Crippen LogP contribution in [-0.2, 0) is 16.8 Å². The number of amides is 1. The molecule has 3 heterocycles. The standard InChI is InChI=1S/C17H20N4O3S/c1-9-10(2)25-15-14(9)16(23)21(8-18-15)7-12(22)19-13-6-11(20-24-13)17(3,4)5/h6,8H,7H2,1-5H3,(H,19,22). The molecule has 3 rings (SSSR count). The first kappa shape index (κ1) is 17.3. The minimum Gasteiger partial charge on any atom is -0.338 e. The molecule has 1 N–H and O–H groups in total. The number of carbonyl (C=O) groups excluding carboxylic acids is 1.